The highest BCUT2D eigenvalue weighted by molar-refractivity contribution is 7.09. The zero-order valence-electron chi connectivity index (χ0n) is 12.2. The van der Waals surface area contributed by atoms with Crippen LogP contribution in [0.1, 0.15) is 43.4 Å². The van der Waals surface area contributed by atoms with E-state index in [4.69, 9.17) is 5.11 Å². The highest BCUT2D eigenvalue weighted by Crippen LogP contribution is 2.17. The van der Waals surface area contributed by atoms with E-state index in [0.29, 0.717) is 0 Å². The number of aromatic nitrogens is 1. The summed E-state index contributed by atoms with van der Waals surface area (Å²) in [6.07, 6.45) is -0.117. The van der Waals surface area contributed by atoms with Crippen molar-refractivity contribution in [2.24, 2.45) is 5.92 Å². The van der Waals surface area contributed by atoms with Crippen LogP contribution in [0, 0.1) is 12.8 Å². The number of thiazole rings is 1. The summed E-state index contributed by atoms with van der Waals surface area (Å²) in [5.41, 5.74) is 0.877. The maximum atomic E-state index is 11.7. The van der Waals surface area contributed by atoms with E-state index in [1.807, 2.05) is 12.3 Å². The lowest BCUT2D eigenvalue weighted by molar-refractivity contribution is -0.138. The van der Waals surface area contributed by atoms with Gasteiger partial charge >= 0.3 is 12.0 Å². The Kier molecular flexibility index (Phi) is 6.29. The highest BCUT2D eigenvalue weighted by Gasteiger charge is 2.17. The van der Waals surface area contributed by atoms with Gasteiger partial charge < -0.3 is 10.4 Å². The van der Waals surface area contributed by atoms with Crippen LogP contribution in [0.15, 0.2) is 5.38 Å². The number of urea groups is 1. The molecule has 2 unspecified atom stereocenters. The highest BCUT2D eigenvalue weighted by atomic mass is 32.1. The molecule has 8 heteroatoms. The number of rotatable bonds is 6. The van der Waals surface area contributed by atoms with E-state index >= 15 is 0 Å². The molecule has 1 heterocycles. The van der Waals surface area contributed by atoms with Gasteiger partial charge in [0, 0.05) is 23.9 Å². The van der Waals surface area contributed by atoms with Gasteiger partial charge in [-0.1, -0.05) is 6.92 Å². The zero-order valence-corrected chi connectivity index (χ0v) is 13.0. The fourth-order valence-corrected chi connectivity index (χ4v) is 2.53. The lowest BCUT2D eigenvalue weighted by Crippen LogP contribution is -2.41. The first-order valence-electron chi connectivity index (χ1n) is 6.52. The van der Waals surface area contributed by atoms with Crippen LogP contribution >= 0.6 is 11.3 Å². The fraction of sp³-hybridized carbons (Fsp3) is 0.538. The van der Waals surface area contributed by atoms with Gasteiger partial charge in [0.25, 0.3) is 0 Å². The standard InChI is InChI=1S/C13H19N3O4S/c1-7(5-11(18)19)4-10(17)16-13(20)15-9(3)12-14-8(2)6-21-12/h6-7,9H,4-5H2,1-3H3,(H,18,19)(H2,15,16,17,20). The van der Waals surface area contributed by atoms with Crippen LogP contribution in [0.2, 0.25) is 0 Å². The third-order valence-corrected chi connectivity index (χ3v) is 3.81. The molecule has 0 aromatic carbocycles. The van der Waals surface area contributed by atoms with Crippen molar-refractivity contribution >= 4 is 29.2 Å². The minimum Gasteiger partial charge on any atom is -0.481 e. The first-order chi connectivity index (χ1) is 9.77. The van der Waals surface area contributed by atoms with Crippen LogP contribution in [0.3, 0.4) is 0 Å². The van der Waals surface area contributed by atoms with Crippen LogP contribution in [-0.4, -0.2) is 28.0 Å². The van der Waals surface area contributed by atoms with Crippen LogP contribution in [0.5, 0.6) is 0 Å². The molecule has 3 amide bonds. The summed E-state index contributed by atoms with van der Waals surface area (Å²) in [6, 6.07) is -0.907. The van der Waals surface area contributed by atoms with Crippen molar-refractivity contribution in [3.8, 4) is 0 Å². The lowest BCUT2D eigenvalue weighted by atomic mass is 10.0. The monoisotopic (exact) mass is 313 g/mol. The van der Waals surface area contributed by atoms with Gasteiger partial charge in [-0.25, -0.2) is 9.78 Å². The predicted molar refractivity (Wildman–Crippen MR) is 78.0 cm³/mol. The van der Waals surface area contributed by atoms with E-state index in [1.54, 1.807) is 13.8 Å². The van der Waals surface area contributed by atoms with Crippen molar-refractivity contribution in [1.82, 2.24) is 15.6 Å². The third kappa shape index (κ3) is 6.35. The first-order valence-corrected chi connectivity index (χ1v) is 7.40. The molecule has 2 atom stereocenters. The summed E-state index contributed by atoms with van der Waals surface area (Å²) in [7, 11) is 0. The summed E-state index contributed by atoms with van der Waals surface area (Å²) in [5.74, 6) is -1.79. The molecule has 0 saturated heterocycles. The number of hydrogen-bond acceptors (Lipinski definition) is 5. The molecule has 7 nitrogen and oxygen atoms in total. The van der Waals surface area contributed by atoms with Crippen molar-refractivity contribution in [2.45, 2.75) is 39.7 Å². The molecule has 0 saturated carbocycles. The van der Waals surface area contributed by atoms with E-state index in [-0.39, 0.29) is 24.8 Å². The Hall–Kier alpha value is -1.96. The van der Waals surface area contributed by atoms with Crippen molar-refractivity contribution in [3.63, 3.8) is 0 Å². The van der Waals surface area contributed by atoms with Crippen LogP contribution in [-0.2, 0) is 9.59 Å². The van der Waals surface area contributed by atoms with E-state index in [2.05, 4.69) is 15.6 Å². The molecule has 0 radical (unpaired) electrons. The van der Waals surface area contributed by atoms with Gasteiger partial charge in [-0.05, 0) is 19.8 Å². The molecule has 0 fully saturated rings. The molecule has 1 aromatic rings. The Morgan fingerprint density at radius 1 is 1.33 bits per heavy atom. The van der Waals surface area contributed by atoms with Crippen LogP contribution in [0.4, 0.5) is 4.79 Å². The molecule has 1 rings (SSSR count). The topological polar surface area (TPSA) is 108 Å². The maximum absolute atomic E-state index is 11.7. The molecule has 0 spiro atoms. The van der Waals surface area contributed by atoms with Crippen molar-refractivity contribution in [3.05, 3.63) is 16.1 Å². The van der Waals surface area contributed by atoms with E-state index in [0.717, 1.165) is 10.7 Å². The average molecular weight is 313 g/mol. The van der Waals surface area contributed by atoms with Gasteiger partial charge in [0.2, 0.25) is 5.91 Å². The summed E-state index contributed by atoms with van der Waals surface area (Å²) in [4.78, 5) is 38.0. The normalized spacial score (nSPS) is 13.3. The van der Waals surface area contributed by atoms with Crippen molar-refractivity contribution < 1.29 is 19.5 Å². The second kappa shape index (κ2) is 7.72. The Morgan fingerprint density at radius 3 is 2.52 bits per heavy atom. The molecule has 0 aliphatic rings. The number of amides is 3. The number of aryl methyl sites for hydroxylation is 1. The van der Waals surface area contributed by atoms with Gasteiger partial charge in [0.05, 0.1) is 6.04 Å². The number of carboxylic acids is 1. The number of aliphatic carboxylic acids is 1. The van der Waals surface area contributed by atoms with Crippen LogP contribution < -0.4 is 10.6 Å². The van der Waals surface area contributed by atoms with Gasteiger partial charge in [0.15, 0.2) is 0 Å². The lowest BCUT2D eigenvalue weighted by Gasteiger charge is -2.13. The predicted octanol–water partition coefficient (Wildman–Crippen LogP) is 1.84. The quantitative estimate of drug-likeness (QED) is 0.742. The minimum absolute atomic E-state index is 0.00946. The SMILES string of the molecule is Cc1csc(C(C)NC(=O)NC(=O)CC(C)CC(=O)O)n1. The molecule has 1 aromatic heterocycles. The van der Waals surface area contributed by atoms with Crippen molar-refractivity contribution in [1.29, 1.82) is 0 Å². The third-order valence-electron chi connectivity index (χ3n) is 2.66. The molecule has 116 valence electrons. The van der Waals surface area contributed by atoms with Gasteiger partial charge in [-0.3, -0.25) is 14.9 Å². The molecule has 3 N–H and O–H groups in total. The summed E-state index contributed by atoms with van der Waals surface area (Å²) >= 11 is 1.43. The molecule has 0 aliphatic carbocycles. The molecular weight excluding hydrogens is 294 g/mol. The summed E-state index contributed by atoms with van der Waals surface area (Å²) < 4.78 is 0. The maximum Gasteiger partial charge on any atom is 0.321 e. The van der Waals surface area contributed by atoms with E-state index < -0.39 is 17.9 Å². The number of hydrogen-bond donors (Lipinski definition) is 3. The second-order valence-electron chi connectivity index (χ2n) is 4.98. The summed E-state index contributed by atoms with van der Waals surface area (Å²) in [5, 5.41) is 16.0. The Morgan fingerprint density at radius 2 is 2.00 bits per heavy atom. The molecule has 21 heavy (non-hydrogen) atoms. The van der Waals surface area contributed by atoms with E-state index in [1.165, 1.54) is 11.3 Å². The van der Waals surface area contributed by atoms with Gasteiger partial charge in [-0.15, -0.1) is 11.3 Å². The largest absolute Gasteiger partial charge is 0.481 e. The van der Waals surface area contributed by atoms with E-state index in [9.17, 15) is 14.4 Å². The first kappa shape index (κ1) is 17.1. The molecular formula is C13H19N3O4S. The Bertz CT molecular complexity index is 529. The van der Waals surface area contributed by atoms with Crippen LogP contribution in [0.25, 0.3) is 0 Å². The average Bonchev–Trinajstić information content (AvgIpc) is 2.73. The minimum atomic E-state index is -0.965. The van der Waals surface area contributed by atoms with Crippen molar-refractivity contribution in [2.75, 3.05) is 0 Å². The number of nitrogens with zero attached hydrogens (tertiary/aromatic N) is 1. The zero-order chi connectivity index (χ0) is 16.0. The number of imide groups is 1. The second-order valence-corrected chi connectivity index (χ2v) is 5.87. The number of carboxylic acid groups (broad SMARTS) is 1. The number of carbonyl (C=O) groups is 3. The smallest absolute Gasteiger partial charge is 0.321 e. The number of nitrogens with one attached hydrogen (secondary N) is 2. The molecule has 0 bridgehead atoms. The van der Waals surface area contributed by atoms with Gasteiger partial charge in [-0.2, -0.15) is 0 Å². The Balaban J connectivity index is 2.39. The fourth-order valence-electron chi connectivity index (χ4n) is 1.73. The van der Waals surface area contributed by atoms with Gasteiger partial charge in [0.1, 0.15) is 5.01 Å². The Labute approximate surface area is 126 Å². The molecule has 0 aliphatic heterocycles. The number of carbonyl (C=O) groups excluding carboxylic acids is 2. The summed E-state index contributed by atoms with van der Waals surface area (Å²) in [6.45, 7) is 5.28.